The van der Waals surface area contributed by atoms with E-state index in [9.17, 15) is 15.2 Å². The molecule has 0 bridgehead atoms. The van der Waals surface area contributed by atoms with Gasteiger partial charge in [-0.05, 0) is 36.8 Å². The van der Waals surface area contributed by atoms with Crippen LogP contribution in [-0.4, -0.2) is 23.2 Å². The Morgan fingerprint density at radius 1 is 1.42 bits per heavy atom. The molecule has 2 atom stereocenters. The van der Waals surface area contributed by atoms with Gasteiger partial charge in [-0.3, -0.25) is 10.1 Å². The summed E-state index contributed by atoms with van der Waals surface area (Å²) in [5, 5.41) is 25.3. The molecule has 5 nitrogen and oxygen atoms in total. The van der Waals surface area contributed by atoms with Gasteiger partial charge in [-0.15, -0.1) is 0 Å². The van der Waals surface area contributed by atoms with Crippen LogP contribution in [0.15, 0.2) is 11.4 Å². The van der Waals surface area contributed by atoms with Crippen LogP contribution >= 0.6 is 11.3 Å². The summed E-state index contributed by atoms with van der Waals surface area (Å²) in [5.41, 5.74) is 0.966. The van der Waals surface area contributed by atoms with Gasteiger partial charge in [0, 0.05) is 24.6 Å². The molecular formula is C13H20N2O3S. The first-order valence-electron chi connectivity index (χ1n) is 6.74. The summed E-state index contributed by atoms with van der Waals surface area (Å²) < 4.78 is 0. The van der Waals surface area contributed by atoms with E-state index in [0.717, 1.165) is 18.5 Å². The maximum absolute atomic E-state index is 10.6. The standard InChI is InChI=1S/C13H20N2O3S/c16-8-12-4-2-1-3-11(12)7-14-6-10-5-13(15(17)18)19-9-10/h5,9,11-12,14,16H,1-4,6-8H2. The lowest BCUT2D eigenvalue weighted by Gasteiger charge is -2.30. The molecule has 0 amide bonds. The Balaban J connectivity index is 1.77. The van der Waals surface area contributed by atoms with E-state index in [1.807, 2.05) is 5.38 Å². The van der Waals surface area contributed by atoms with Crippen LogP contribution in [0.4, 0.5) is 5.00 Å². The van der Waals surface area contributed by atoms with Crippen molar-refractivity contribution in [1.29, 1.82) is 0 Å². The van der Waals surface area contributed by atoms with Gasteiger partial charge >= 0.3 is 5.00 Å². The Hall–Kier alpha value is -0.980. The van der Waals surface area contributed by atoms with Crippen LogP contribution in [0.25, 0.3) is 0 Å². The quantitative estimate of drug-likeness (QED) is 0.622. The largest absolute Gasteiger partial charge is 0.396 e. The van der Waals surface area contributed by atoms with E-state index in [0.29, 0.717) is 18.4 Å². The number of nitrogens with zero attached hydrogens (tertiary/aromatic N) is 1. The Bertz CT molecular complexity index is 422. The number of hydrogen-bond donors (Lipinski definition) is 2. The molecule has 0 aromatic carbocycles. The first-order chi connectivity index (χ1) is 9.20. The SMILES string of the molecule is O=[N+]([O-])c1cc(CNCC2CCCCC2CO)cs1. The highest BCUT2D eigenvalue weighted by Crippen LogP contribution is 2.29. The van der Waals surface area contributed by atoms with Gasteiger partial charge in [0.2, 0.25) is 0 Å². The zero-order chi connectivity index (χ0) is 13.7. The lowest BCUT2D eigenvalue weighted by atomic mass is 9.79. The van der Waals surface area contributed by atoms with E-state index in [2.05, 4.69) is 5.32 Å². The number of thiophene rings is 1. The molecule has 6 heteroatoms. The summed E-state index contributed by atoms with van der Waals surface area (Å²) >= 11 is 1.17. The van der Waals surface area contributed by atoms with Crippen molar-refractivity contribution in [3.05, 3.63) is 27.1 Å². The second-order valence-electron chi connectivity index (χ2n) is 5.17. The van der Waals surface area contributed by atoms with Crippen molar-refractivity contribution in [2.45, 2.75) is 32.2 Å². The molecule has 1 aliphatic carbocycles. The molecule has 2 rings (SSSR count). The Morgan fingerprint density at radius 2 is 2.16 bits per heavy atom. The molecule has 1 fully saturated rings. The van der Waals surface area contributed by atoms with Crippen molar-refractivity contribution in [2.75, 3.05) is 13.2 Å². The third kappa shape index (κ3) is 3.99. The van der Waals surface area contributed by atoms with E-state index < -0.39 is 0 Å². The maximum Gasteiger partial charge on any atom is 0.324 e. The van der Waals surface area contributed by atoms with Gasteiger partial charge in [0.1, 0.15) is 0 Å². The number of aliphatic hydroxyl groups excluding tert-OH is 1. The molecule has 106 valence electrons. The van der Waals surface area contributed by atoms with Gasteiger partial charge in [-0.1, -0.05) is 24.2 Å². The highest BCUT2D eigenvalue weighted by Gasteiger charge is 2.23. The first-order valence-corrected chi connectivity index (χ1v) is 7.62. The Morgan fingerprint density at radius 3 is 2.79 bits per heavy atom. The lowest BCUT2D eigenvalue weighted by molar-refractivity contribution is -0.380. The molecule has 0 saturated heterocycles. The summed E-state index contributed by atoms with van der Waals surface area (Å²) in [5.74, 6) is 0.949. The molecule has 0 radical (unpaired) electrons. The van der Waals surface area contributed by atoms with E-state index in [1.54, 1.807) is 6.07 Å². The third-order valence-electron chi connectivity index (χ3n) is 3.86. The topological polar surface area (TPSA) is 75.4 Å². The molecule has 1 heterocycles. The zero-order valence-electron chi connectivity index (χ0n) is 10.9. The average molecular weight is 284 g/mol. The molecule has 2 N–H and O–H groups in total. The number of nitro groups is 1. The second-order valence-corrected chi connectivity index (χ2v) is 6.06. The van der Waals surface area contributed by atoms with E-state index >= 15 is 0 Å². The number of aliphatic hydroxyl groups is 1. The van der Waals surface area contributed by atoms with Crippen LogP contribution in [0.3, 0.4) is 0 Å². The van der Waals surface area contributed by atoms with E-state index in [4.69, 9.17) is 0 Å². The predicted molar refractivity (Wildman–Crippen MR) is 75.2 cm³/mol. The number of hydrogen-bond acceptors (Lipinski definition) is 5. The van der Waals surface area contributed by atoms with Crippen molar-refractivity contribution >= 4 is 16.3 Å². The van der Waals surface area contributed by atoms with Gasteiger partial charge in [0.05, 0.1) is 4.92 Å². The van der Waals surface area contributed by atoms with Crippen LogP contribution in [0.2, 0.25) is 0 Å². The predicted octanol–water partition coefficient (Wildman–Crippen LogP) is 2.54. The molecule has 19 heavy (non-hydrogen) atoms. The molecular weight excluding hydrogens is 264 g/mol. The summed E-state index contributed by atoms with van der Waals surface area (Å²) in [4.78, 5) is 10.2. The van der Waals surface area contributed by atoms with E-state index in [1.165, 1.54) is 30.6 Å². The summed E-state index contributed by atoms with van der Waals surface area (Å²) in [7, 11) is 0. The van der Waals surface area contributed by atoms with Gasteiger partial charge in [0.25, 0.3) is 0 Å². The first kappa shape index (κ1) is 14.4. The van der Waals surface area contributed by atoms with Gasteiger partial charge < -0.3 is 10.4 Å². The van der Waals surface area contributed by atoms with Gasteiger partial charge in [-0.25, -0.2) is 0 Å². The minimum atomic E-state index is -0.350. The minimum Gasteiger partial charge on any atom is -0.396 e. The number of rotatable bonds is 6. The van der Waals surface area contributed by atoms with Crippen molar-refractivity contribution in [3.8, 4) is 0 Å². The highest BCUT2D eigenvalue weighted by atomic mass is 32.1. The smallest absolute Gasteiger partial charge is 0.324 e. The fourth-order valence-corrected chi connectivity index (χ4v) is 3.48. The van der Waals surface area contributed by atoms with Crippen LogP contribution in [-0.2, 0) is 6.54 Å². The second kappa shape index (κ2) is 6.98. The van der Waals surface area contributed by atoms with E-state index in [-0.39, 0.29) is 16.5 Å². The van der Waals surface area contributed by atoms with Gasteiger partial charge in [0.15, 0.2) is 0 Å². The molecule has 1 saturated carbocycles. The average Bonchev–Trinajstić information content (AvgIpc) is 2.88. The Kier molecular flexibility index (Phi) is 5.30. The lowest BCUT2D eigenvalue weighted by Crippen LogP contribution is -2.32. The zero-order valence-corrected chi connectivity index (χ0v) is 11.7. The minimum absolute atomic E-state index is 0.197. The molecule has 1 aliphatic rings. The monoisotopic (exact) mass is 284 g/mol. The van der Waals surface area contributed by atoms with Crippen LogP contribution < -0.4 is 5.32 Å². The fourth-order valence-electron chi connectivity index (χ4n) is 2.75. The van der Waals surface area contributed by atoms with Crippen LogP contribution in [0.5, 0.6) is 0 Å². The van der Waals surface area contributed by atoms with Crippen molar-refractivity contribution in [1.82, 2.24) is 5.32 Å². The fraction of sp³-hybridized carbons (Fsp3) is 0.692. The van der Waals surface area contributed by atoms with Crippen molar-refractivity contribution in [3.63, 3.8) is 0 Å². The molecule has 0 spiro atoms. The van der Waals surface area contributed by atoms with Crippen LogP contribution in [0, 0.1) is 22.0 Å². The number of nitrogens with one attached hydrogen (secondary N) is 1. The summed E-state index contributed by atoms with van der Waals surface area (Å²) in [6.45, 7) is 1.82. The molecule has 1 aromatic heterocycles. The summed E-state index contributed by atoms with van der Waals surface area (Å²) in [6.07, 6.45) is 4.75. The molecule has 0 aliphatic heterocycles. The molecule has 2 unspecified atom stereocenters. The summed E-state index contributed by atoms with van der Waals surface area (Å²) in [6, 6.07) is 1.63. The van der Waals surface area contributed by atoms with Crippen molar-refractivity contribution < 1.29 is 10.0 Å². The van der Waals surface area contributed by atoms with Crippen molar-refractivity contribution in [2.24, 2.45) is 11.8 Å². The highest BCUT2D eigenvalue weighted by molar-refractivity contribution is 7.13. The maximum atomic E-state index is 10.6. The third-order valence-corrected chi connectivity index (χ3v) is 4.79. The normalized spacial score (nSPS) is 23.4. The van der Waals surface area contributed by atoms with Gasteiger partial charge in [-0.2, -0.15) is 0 Å². The van der Waals surface area contributed by atoms with Crippen LogP contribution in [0.1, 0.15) is 31.2 Å². The Labute approximate surface area is 116 Å². The molecule has 1 aromatic rings.